The van der Waals surface area contributed by atoms with Gasteiger partial charge in [0.05, 0.1) is 12.5 Å². The van der Waals surface area contributed by atoms with Gasteiger partial charge in [0.15, 0.2) is 0 Å². The smallest absolute Gasteiger partial charge is 0.303 e. The van der Waals surface area contributed by atoms with E-state index in [0.29, 0.717) is 19.4 Å². The quantitative estimate of drug-likeness (QED) is 0.716. The molecule has 96 valence electrons. The average molecular weight is 246 g/mol. The summed E-state index contributed by atoms with van der Waals surface area (Å²) in [6.07, 6.45) is 2.19. The van der Waals surface area contributed by atoms with Crippen LogP contribution in [0.25, 0.3) is 0 Å². The molecule has 0 aromatic heterocycles. The summed E-state index contributed by atoms with van der Waals surface area (Å²) in [4.78, 5) is 12.6. The molecule has 4 heteroatoms. The topological polar surface area (TPSA) is 64.3 Å². The molecule has 0 spiro atoms. The number of carbonyl (C=O) groups is 1. The van der Waals surface area contributed by atoms with Crippen molar-refractivity contribution in [1.82, 2.24) is 0 Å². The second kappa shape index (κ2) is 8.13. The lowest BCUT2D eigenvalue weighted by molar-refractivity contribution is -0.137. The summed E-state index contributed by atoms with van der Waals surface area (Å²) >= 11 is 0. The number of nitrogens with zero attached hydrogens (tertiary/aromatic N) is 2. The maximum absolute atomic E-state index is 10.4. The van der Waals surface area contributed by atoms with Crippen molar-refractivity contribution in [3.8, 4) is 6.07 Å². The van der Waals surface area contributed by atoms with E-state index in [-0.39, 0.29) is 6.42 Å². The van der Waals surface area contributed by atoms with Gasteiger partial charge in [0.1, 0.15) is 0 Å². The lowest BCUT2D eigenvalue weighted by Crippen LogP contribution is -2.25. The van der Waals surface area contributed by atoms with Gasteiger partial charge in [-0.25, -0.2) is 0 Å². The first-order valence-corrected chi connectivity index (χ1v) is 6.13. The molecular weight excluding hydrogens is 228 g/mol. The number of benzene rings is 1. The number of nitriles is 1. The Morgan fingerprint density at radius 1 is 1.22 bits per heavy atom. The molecule has 0 saturated heterocycles. The van der Waals surface area contributed by atoms with Crippen molar-refractivity contribution in [2.75, 3.05) is 18.0 Å². The summed E-state index contributed by atoms with van der Waals surface area (Å²) in [6.45, 7) is 1.48. The van der Waals surface area contributed by atoms with E-state index in [1.165, 1.54) is 0 Å². The maximum atomic E-state index is 10.4. The highest BCUT2D eigenvalue weighted by Crippen LogP contribution is 2.14. The standard InChI is InChI=1S/C14H18N2O2/c15-10-6-12-16(11-5-4-9-14(17)18)13-7-2-1-3-8-13/h1-3,7-8H,4-6,9,11-12H2,(H,17,18). The number of carboxylic acid groups (broad SMARTS) is 1. The van der Waals surface area contributed by atoms with Crippen LogP contribution in [0.1, 0.15) is 25.7 Å². The zero-order valence-electron chi connectivity index (χ0n) is 10.4. The fourth-order valence-corrected chi connectivity index (χ4v) is 1.77. The van der Waals surface area contributed by atoms with Crippen LogP contribution < -0.4 is 4.90 Å². The first kappa shape index (κ1) is 14.0. The van der Waals surface area contributed by atoms with Crippen LogP contribution in [0.15, 0.2) is 30.3 Å². The molecule has 0 heterocycles. The molecular formula is C14H18N2O2. The highest BCUT2D eigenvalue weighted by Gasteiger charge is 2.06. The molecule has 0 fully saturated rings. The Morgan fingerprint density at radius 3 is 2.56 bits per heavy atom. The van der Waals surface area contributed by atoms with Crippen LogP contribution in [0.3, 0.4) is 0 Å². The van der Waals surface area contributed by atoms with E-state index in [0.717, 1.165) is 18.7 Å². The molecule has 4 nitrogen and oxygen atoms in total. The molecule has 0 radical (unpaired) electrons. The molecule has 1 aromatic carbocycles. The zero-order valence-corrected chi connectivity index (χ0v) is 10.4. The normalized spacial score (nSPS) is 9.72. The van der Waals surface area contributed by atoms with Crippen molar-refractivity contribution in [2.45, 2.75) is 25.7 Å². The van der Waals surface area contributed by atoms with E-state index in [9.17, 15) is 4.79 Å². The third-order valence-corrected chi connectivity index (χ3v) is 2.68. The van der Waals surface area contributed by atoms with Gasteiger partial charge in [0, 0.05) is 25.2 Å². The van der Waals surface area contributed by atoms with E-state index >= 15 is 0 Å². The Kier molecular flexibility index (Phi) is 6.34. The van der Waals surface area contributed by atoms with Gasteiger partial charge >= 0.3 is 5.97 Å². The Morgan fingerprint density at radius 2 is 1.94 bits per heavy atom. The average Bonchev–Trinajstić information content (AvgIpc) is 2.38. The fourth-order valence-electron chi connectivity index (χ4n) is 1.77. The van der Waals surface area contributed by atoms with Crippen LogP contribution in [-0.4, -0.2) is 24.2 Å². The molecule has 0 unspecified atom stereocenters. The van der Waals surface area contributed by atoms with Gasteiger partial charge in [0.25, 0.3) is 0 Å². The van der Waals surface area contributed by atoms with E-state index in [4.69, 9.17) is 10.4 Å². The zero-order chi connectivity index (χ0) is 13.2. The monoisotopic (exact) mass is 246 g/mol. The van der Waals surface area contributed by atoms with Crippen molar-refractivity contribution in [3.63, 3.8) is 0 Å². The minimum absolute atomic E-state index is 0.209. The highest BCUT2D eigenvalue weighted by atomic mass is 16.4. The third kappa shape index (κ3) is 5.35. The molecule has 0 atom stereocenters. The lowest BCUT2D eigenvalue weighted by Gasteiger charge is -2.23. The molecule has 0 aliphatic rings. The summed E-state index contributed by atoms with van der Waals surface area (Å²) in [5.41, 5.74) is 1.09. The van der Waals surface area contributed by atoms with E-state index in [1.54, 1.807) is 0 Å². The van der Waals surface area contributed by atoms with E-state index in [2.05, 4.69) is 11.0 Å². The number of hydrogen-bond donors (Lipinski definition) is 1. The summed E-state index contributed by atoms with van der Waals surface area (Å²) < 4.78 is 0. The van der Waals surface area contributed by atoms with Crippen LogP contribution in [-0.2, 0) is 4.79 Å². The van der Waals surface area contributed by atoms with Crippen LogP contribution in [0.5, 0.6) is 0 Å². The fraction of sp³-hybridized carbons (Fsp3) is 0.429. The maximum Gasteiger partial charge on any atom is 0.303 e. The number of rotatable bonds is 8. The lowest BCUT2D eigenvalue weighted by atomic mass is 10.2. The van der Waals surface area contributed by atoms with Crippen molar-refractivity contribution in [3.05, 3.63) is 30.3 Å². The number of hydrogen-bond acceptors (Lipinski definition) is 3. The minimum atomic E-state index is -0.752. The van der Waals surface area contributed by atoms with Gasteiger partial charge in [0.2, 0.25) is 0 Å². The second-order valence-corrected chi connectivity index (χ2v) is 4.08. The van der Waals surface area contributed by atoms with Crippen molar-refractivity contribution in [2.24, 2.45) is 0 Å². The molecule has 0 aliphatic carbocycles. The Balaban J connectivity index is 2.46. The Hall–Kier alpha value is -2.02. The van der Waals surface area contributed by atoms with Crippen LogP contribution in [0.2, 0.25) is 0 Å². The molecule has 1 rings (SSSR count). The summed E-state index contributed by atoms with van der Waals surface area (Å²) in [5.74, 6) is -0.752. The molecule has 0 bridgehead atoms. The van der Waals surface area contributed by atoms with Crippen molar-refractivity contribution >= 4 is 11.7 Å². The van der Waals surface area contributed by atoms with Crippen molar-refractivity contribution < 1.29 is 9.90 Å². The number of para-hydroxylation sites is 1. The molecule has 0 saturated carbocycles. The predicted molar refractivity (Wildman–Crippen MR) is 70.4 cm³/mol. The summed E-state index contributed by atoms with van der Waals surface area (Å²) in [7, 11) is 0. The van der Waals surface area contributed by atoms with Gasteiger partial charge in [-0.2, -0.15) is 5.26 Å². The van der Waals surface area contributed by atoms with E-state index < -0.39 is 5.97 Å². The molecule has 1 aromatic rings. The SMILES string of the molecule is N#CCCN(CCCCC(=O)O)c1ccccc1. The Labute approximate surface area is 107 Å². The summed E-state index contributed by atoms with van der Waals surface area (Å²) in [6, 6.07) is 12.0. The highest BCUT2D eigenvalue weighted by molar-refractivity contribution is 5.66. The van der Waals surface area contributed by atoms with Gasteiger partial charge in [-0.3, -0.25) is 4.79 Å². The molecule has 0 aliphatic heterocycles. The van der Waals surface area contributed by atoms with Gasteiger partial charge in [-0.1, -0.05) is 18.2 Å². The second-order valence-electron chi connectivity index (χ2n) is 4.08. The van der Waals surface area contributed by atoms with Gasteiger partial charge in [-0.15, -0.1) is 0 Å². The molecule has 0 amide bonds. The predicted octanol–water partition coefficient (Wildman–Crippen LogP) is 2.66. The largest absolute Gasteiger partial charge is 0.481 e. The van der Waals surface area contributed by atoms with E-state index in [1.807, 2.05) is 30.3 Å². The van der Waals surface area contributed by atoms with Crippen LogP contribution in [0, 0.1) is 11.3 Å². The van der Waals surface area contributed by atoms with Crippen LogP contribution >= 0.6 is 0 Å². The number of unbranched alkanes of at least 4 members (excludes halogenated alkanes) is 1. The Bertz CT molecular complexity index is 398. The van der Waals surface area contributed by atoms with Gasteiger partial charge < -0.3 is 10.0 Å². The molecule has 18 heavy (non-hydrogen) atoms. The number of aliphatic carboxylic acids is 1. The summed E-state index contributed by atoms with van der Waals surface area (Å²) in [5, 5.41) is 17.2. The molecule has 1 N–H and O–H groups in total. The number of carboxylic acids is 1. The van der Waals surface area contributed by atoms with Gasteiger partial charge in [-0.05, 0) is 25.0 Å². The first-order chi connectivity index (χ1) is 8.74. The van der Waals surface area contributed by atoms with Crippen molar-refractivity contribution in [1.29, 1.82) is 5.26 Å². The first-order valence-electron chi connectivity index (χ1n) is 6.13. The minimum Gasteiger partial charge on any atom is -0.481 e. The number of anilines is 1. The van der Waals surface area contributed by atoms with Crippen LogP contribution in [0.4, 0.5) is 5.69 Å². The third-order valence-electron chi connectivity index (χ3n) is 2.68.